The second-order valence-electron chi connectivity index (χ2n) is 6.34. The molecule has 5 atom stereocenters. The summed E-state index contributed by atoms with van der Waals surface area (Å²) < 4.78 is 14.1. The highest BCUT2D eigenvalue weighted by Crippen LogP contribution is 2.49. The Morgan fingerprint density at radius 2 is 2.13 bits per heavy atom. The standard InChI is InChI=1S/C14H18ClN4O3P/c1-14(2)21-11-7(4-20)19(23)10(12(11)22-14)6-3-16-9-8(6)17-5-18-13(9)15/h3,5,7,10-12,16,20H,4,23H2,1-2H3. The molecular formula is C14H18ClN4O3P. The number of aliphatic hydroxyl groups excluding tert-OH is 1. The van der Waals surface area contributed by atoms with Gasteiger partial charge >= 0.3 is 0 Å². The van der Waals surface area contributed by atoms with Crippen molar-refractivity contribution in [2.24, 2.45) is 0 Å². The normalized spacial score (nSPS) is 33.4. The van der Waals surface area contributed by atoms with Crippen LogP contribution in [0.3, 0.4) is 0 Å². The molecule has 124 valence electrons. The minimum Gasteiger partial charge on any atom is -0.395 e. The SMILES string of the molecule is CC1(C)OC2C(O1)C(c1c[nH]c3c(Cl)ncnc13)N(P)C2CO. The number of nitrogens with zero attached hydrogens (tertiary/aromatic N) is 3. The average Bonchev–Trinajstić information content (AvgIpc) is 3.09. The fourth-order valence-corrected chi connectivity index (χ4v) is 4.38. The molecule has 0 saturated carbocycles. The molecule has 2 aliphatic heterocycles. The molecule has 7 nitrogen and oxygen atoms in total. The van der Waals surface area contributed by atoms with Crippen molar-refractivity contribution in [1.82, 2.24) is 19.6 Å². The van der Waals surface area contributed by atoms with Crippen molar-refractivity contribution < 1.29 is 14.6 Å². The summed E-state index contributed by atoms with van der Waals surface area (Å²) in [6.45, 7) is 3.76. The first-order valence-electron chi connectivity index (χ1n) is 7.40. The molecule has 2 aromatic rings. The van der Waals surface area contributed by atoms with Gasteiger partial charge in [0.1, 0.15) is 24.1 Å². The molecule has 0 aromatic carbocycles. The van der Waals surface area contributed by atoms with E-state index in [0.29, 0.717) is 10.7 Å². The van der Waals surface area contributed by atoms with Crippen LogP contribution in [0.25, 0.3) is 11.0 Å². The lowest BCUT2D eigenvalue weighted by molar-refractivity contribution is -0.163. The number of aromatic amines is 1. The summed E-state index contributed by atoms with van der Waals surface area (Å²) in [5, 5.41) is 10.2. The Balaban J connectivity index is 1.81. The monoisotopic (exact) mass is 356 g/mol. The molecule has 0 bridgehead atoms. The first kappa shape index (κ1) is 15.7. The Morgan fingerprint density at radius 1 is 1.39 bits per heavy atom. The molecule has 0 radical (unpaired) electrons. The molecule has 9 heteroatoms. The molecule has 4 rings (SSSR count). The van der Waals surface area contributed by atoms with Gasteiger partial charge in [-0.1, -0.05) is 21.0 Å². The molecule has 0 spiro atoms. The van der Waals surface area contributed by atoms with Crippen LogP contribution in [0.15, 0.2) is 12.5 Å². The fraction of sp³-hybridized carbons (Fsp3) is 0.571. The summed E-state index contributed by atoms with van der Waals surface area (Å²) >= 11 is 6.13. The Hall–Kier alpha value is -0.820. The third-order valence-corrected chi connectivity index (χ3v) is 5.50. The topological polar surface area (TPSA) is 83.5 Å². The molecule has 23 heavy (non-hydrogen) atoms. The van der Waals surface area contributed by atoms with E-state index < -0.39 is 5.79 Å². The van der Waals surface area contributed by atoms with Gasteiger partial charge in [-0.25, -0.2) is 9.97 Å². The van der Waals surface area contributed by atoms with E-state index in [-0.39, 0.29) is 30.9 Å². The van der Waals surface area contributed by atoms with E-state index in [2.05, 4.69) is 24.3 Å². The molecule has 2 N–H and O–H groups in total. The number of halogens is 1. The van der Waals surface area contributed by atoms with Gasteiger partial charge in [0.2, 0.25) is 0 Å². The predicted molar refractivity (Wildman–Crippen MR) is 87.9 cm³/mol. The van der Waals surface area contributed by atoms with Gasteiger partial charge < -0.3 is 19.6 Å². The smallest absolute Gasteiger partial charge is 0.163 e. The highest BCUT2D eigenvalue weighted by molar-refractivity contribution is 7.13. The quantitative estimate of drug-likeness (QED) is 0.628. The van der Waals surface area contributed by atoms with Gasteiger partial charge in [0, 0.05) is 11.8 Å². The second-order valence-corrected chi connectivity index (χ2v) is 7.29. The average molecular weight is 357 g/mol. The van der Waals surface area contributed by atoms with Crippen LogP contribution in [0.1, 0.15) is 25.5 Å². The molecule has 2 aliphatic rings. The summed E-state index contributed by atoms with van der Waals surface area (Å²) in [6.07, 6.45) is 2.91. The third kappa shape index (κ3) is 2.30. The van der Waals surface area contributed by atoms with Crippen LogP contribution in [0.4, 0.5) is 0 Å². The number of hydrogen-bond acceptors (Lipinski definition) is 6. The van der Waals surface area contributed by atoms with Crippen LogP contribution >= 0.6 is 21.0 Å². The van der Waals surface area contributed by atoms with Gasteiger partial charge in [0.05, 0.1) is 24.2 Å². The Bertz CT molecular complexity index is 755. The van der Waals surface area contributed by atoms with Crippen molar-refractivity contribution in [1.29, 1.82) is 0 Å². The lowest BCUT2D eigenvalue weighted by Crippen LogP contribution is -2.36. The van der Waals surface area contributed by atoms with Crippen molar-refractivity contribution in [3.05, 3.63) is 23.2 Å². The van der Waals surface area contributed by atoms with Gasteiger partial charge in [0.15, 0.2) is 10.9 Å². The number of aliphatic hydroxyl groups is 1. The van der Waals surface area contributed by atoms with Crippen LogP contribution in [0, 0.1) is 0 Å². The van der Waals surface area contributed by atoms with E-state index in [1.54, 1.807) is 0 Å². The molecule has 0 aliphatic carbocycles. The summed E-state index contributed by atoms with van der Waals surface area (Å²) in [5.74, 6) is -0.675. The van der Waals surface area contributed by atoms with Crippen molar-refractivity contribution in [2.75, 3.05) is 6.61 Å². The molecule has 2 fully saturated rings. The van der Waals surface area contributed by atoms with Gasteiger partial charge in [-0.15, -0.1) is 0 Å². The maximum absolute atomic E-state index is 9.78. The van der Waals surface area contributed by atoms with E-state index in [1.807, 2.05) is 24.7 Å². The molecule has 0 amide bonds. The minimum atomic E-state index is -0.675. The van der Waals surface area contributed by atoms with Crippen LogP contribution in [-0.2, 0) is 9.47 Å². The lowest BCUT2D eigenvalue weighted by atomic mass is 10.0. The summed E-state index contributed by atoms with van der Waals surface area (Å²) in [6, 6.07) is -0.289. The number of nitrogens with one attached hydrogen (secondary N) is 1. The molecule has 5 unspecified atom stereocenters. The number of ether oxygens (including phenoxy) is 2. The van der Waals surface area contributed by atoms with E-state index in [0.717, 1.165) is 11.1 Å². The Kier molecular flexibility index (Phi) is 3.65. The van der Waals surface area contributed by atoms with Crippen molar-refractivity contribution in [3.8, 4) is 0 Å². The molecular weight excluding hydrogens is 339 g/mol. The number of rotatable bonds is 2. The minimum absolute atomic E-state index is 0.0152. The first-order chi connectivity index (χ1) is 10.9. The van der Waals surface area contributed by atoms with E-state index >= 15 is 0 Å². The third-order valence-electron chi connectivity index (χ3n) is 4.51. The molecule has 4 heterocycles. The maximum Gasteiger partial charge on any atom is 0.163 e. The van der Waals surface area contributed by atoms with Crippen molar-refractivity contribution in [3.63, 3.8) is 0 Å². The van der Waals surface area contributed by atoms with Gasteiger partial charge in [-0.05, 0) is 13.8 Å². The zero-order valence-corrected chi connectivity index (χ0v) is 14.6. The van der Waals surface area contributed by atoms with Crippen LogP contribution < -0.4 is 0 Å². The largest absolute Gasteiger partial charge is 0.395 e. The summed E-state index contributed by atoms with van der Waals surface area (Å²) in [4.78, 5) is 11.5. The van der Waals surface area contributed by atoms with Crippen LogP contribution in [-0.4, -0.2) is 55.4 Å². The van der Waals surface area contributed by atoms with Crippen LogP contribution in [0.2, 0.25) is 5.15 Å². The Labute approximate surface area is 140 Å². The Morgan fingerprint density at radius 3 is 2.87 bits per heavy atom. The van der Waals surface area contributed by atoms with Crippen molar-refractivity contribution in [2.45, 2.75) is 43.9 Å². The lowest BCUT2D eigenvalue weighted by Gasteiger charge is -2.29. The van der Waals surface area contributed by atoms with E-state index in [9.17, 15) is 5.11 Å². The first-order valence-corrected chi connectivity index (χ1v) is 8.29. The van der Waals surface area contributed by atoms with Crippen LogP contribution in [0.5, 0.6) is 0 Å². The highest BCUT2D eigenvalue weighted by atomic mass is 35.5. The number of H-pyrrole nitrogens is 1. The molecule has 2 aromatic heterocycles. The van der Waals surface area contributed by atoms with Gasteiger partial charge in [-0.3, -0.25) is 4.67 Å². The number of aromatic nitrogens is 3. The number of fused-ring (bicyclic) bond motifs is 2. The fourth-order valence-electron chi connectivity index (χ4n) is 3.59. The van der Waals surface area contributed by atoms with Gasteiger partial charge in [0.25, 0.3) is 0 Å². The highest BCUT2D eigenvalue weighted by Gasteiger charge is 2.57. The van der Waals surface area contributed by atoms with Gasteiger partial charge in [-0.2, -0.15) is 0 Å². The maximum atomic E-state index is 9.78. The van der Waals surface area contributed by atoms with E-state index in [4.69, 9.17) is 21.1 Å². The summed E-state index contributed by atoms with van der Waals surface area (Å²) in [7, 11) is 2.68. The molecule has 2 saturated heterocycles. The second kappa shape index (κ2) is 5.34. The zero-order chi connectivity index (χ0) is 16.4. The number of hydrogen-bond donors (Lipinski definition) is 2. The summed E-state index contributed by atoms with van der Waals surface area (Å²) in [5.41, 5.74) is 2.41. The predicted octanol–water partition coefficient (Wildman–Crippen LogP) is 1.64. The zero-order valence-electron chi connectivity index (χ0n) is 12.7. The van der Waals surface area contributed by atoms with Crippen molar-refractivity contribution >= 4 is 32.0 Å². The van der Waals surface area contributed by atoms with E-state index in [1.165, 1.54) is 6.33 Å².